The molecule has 124 valence electrons. The van der Waals surface area contributed by atoms with E-state index in [1.54, 1.807) is 0 Å². The van der Waals surface area contributed by atoms with Crippen LogP contribution in [-0.2, 0) is 16.5 Å². The predicted octanol–water partition coefficient (Wildman–Crippen LogP) is 5.72. The van der Waals surface area contributed by atoms with Gasteiger partial charge in [0.15, 0.2) is 0 Å². The van der Waals surface area contributed by atoms with Gasteiger partial charge in [0.1, 0.15) is 0 Å². The highest BCUT2D eigenvalue weighted by Gasteiger charge is 2.46. The predicted molar refractivity (Wildman–Crippen MR) is 102 cm³/mol. The van der Waals surface area contributed by atoms with Gasteiger partial charge in [0.05, 0.1) is 0 Å². The molecule has 0 radical (unpaired) electrons. The van der Waals surface area contributed by atoms with E-state index < -0.39 is 8.32 Å². The average Bonchev–Trinajstić information content (AvgIpc) is 2.53. The van der Waals surface area contributed by atoms with Gasteiger partial charge in [-0.3, -0.25) is 0 Å². The summed E-state index contributed by atoms with van der Waals surface area (Å²) in [6.45, 7) is 10.2. The Morgan fingerprint density at radius 2 is 1.22 bits per heavy atom. The van der Waals surface area contributed by atoms with Crippen molar-refractivity contribution in [1.82, 2.24) is 0 Å². The molecule has 0 atom stereocenters. The van der Waals surface area contributed by atoms with Gasteiger partial charge in [-0.15, -0.1) is 0 Å². The maximum absolute atomic E-state index is 6.69. The van der Waals surface area contributed by atoms with E-state index in [0.29, 0.717) is 0 Å². The summed E-state index contributed by atoms with van der Waals surface area (Å²) in [6.07, 6.45) is 1.08. The lowest BCUT2D eigenvalue weighted by Gasteiger charge is -2.43. The third kappa shape index (κ3) is 4.79. The number of hydrogen-bond donors (Lipinski definition) is 0. The minimum atomic E-state index is -2.00. The van der Waals surface area contributed by atoms with Crippen molar-refractivity contribution in [2.24, 2.45) is 0 Å². The van der Waals surface area contributed by atoms with Gasteiger partial charge in [-0.2, -0.15) is 0 Å². The summed E-state index contributed by atoms with van der Waals surface area (Å²) in [5, 5.41) is 0.188. The van der Waals surface area contributed by atoms with Crippen LogP contribution in [-0.4, -0.2) is 14.9 Å². The SMILES string of the molecule is CCCO[Si](Cc1ccccc1)(Cc1ccccc1)C(C)(C)C. The maximum Gasteiger partial charge on any atom is 0.206 e. The largest absolute Gasteiger partial charge is 0.416 e. The normalized spacial score (nSPS) is 12.3. The van der Waals surface area contributed by atoms with Crippen LogP contribution in [0, 0.1) is 0 Å². The molecule has 0 N–H and O–H groups in total. The molecule has 0 aliphatic heterocycles. The van der Waals surface area contributed by atoms with Gasteiger partial charge < -0.3 is 4.43 Å². The third-order valence-electron chi connectivity index (χ3n) is 4.61. The van der Waals surface area contributed by atoms with Crippen LogP contribution >= 0.6 is 0 Å². The van der Waals surface area contributed by atoms with E-state index in [-0.39, 0.29) is 5.04 Å². The highest BCUT2D eigenvalue weighted by atomic mass is 28.4. The first-order chi connectivity index (χ1) is 11.0. The topological polar surface area (TPSA) is 9.23 Å². The molecule has 23 heavy (non-hydrogen) atoms. The Kier molecular flexibility index (Phi) is 6.20. The average molecular weight is 327 g/mol. The summed E-state index contributed by atoms with van der Waals surface area (Å²) in [6, 6.07) is 23.9. The molecular weight excluding hydrogens is 296 g/mol. The fourth-order valence-corrected chi connectivity index (χ4v) is 7.27. The standard InChI is InChI=1S/C21H30OSi/c1-5-16-22-23(21(2,3)4,17-19-12-8-6-9-13-19)18-20-14-10-7-11-15-20/h6-15H,5,16-18H2,1-4H3. The van der Waals surface area contributed by atoms with Gasteiger partial charge in [-0.05, 0) is 34.7 Å². The van der Waals surface area contributed by atoms with E-state index in [1.165, 1.54) is 11.1 Å². The molecule has 0 aliphatic carbocycles. The van der Waals surface area contributed by atoms with Crippen molar-refractivity contribution in [3.63, 3.8) is 0 Å². The smallest absolute Gasteiger partial charge is 0.206 e. The van der Waals surface area contributed by atoms with Crippen LogP contribution in [0.5, 0.6) is 0 Å². The van der Waals surface area contributed by atoms with Crippen molar-refractivity contribution in [2.45, 2.75) is 51.2 Å². The fraction of sp³-hybridized carbons (Fsp3) is 0.429. The third-order valence-corrected chi connectivity index (χ3v) is 10.1. The van der Waals surface area contributed by atoms with Crippen LogP contribution in [0.3, 0.4) is 0 Å². The molecule has 2 aromatic carbocycles. The summed E-state index contributed by atoms with van der Waals surface area (Å²) in [5.74, 6) is 0. The Balaban J connectivity index is 2.37. The second-order valence-corrected chi connectivity index (χ2v) is 11.9. The molecule has 0 spiro atoms. The first-order valence-electron chi connectivity index (χ1n) is 8.69. The van der Waals surface area contributed by atoms with E-state index in [2.05, 4.69) is 88.4 Å². The molecule has 0 fully saturated rings. The summed E-state index contributed by atoms with van der Waals surface area (Å²) >= 11 is 0. The molecule has 1 nitrogen and oxygen atoms in total. The zero-order valence-electron chi connectivity index (χ0n) is 15.0. The highest BCUT2D eigenvalue weighted by Crippen LogP contribution is 2.41. The molecule has 0 heterocycles. The molecular formula is C21H30OSi. The quantitative estimate of drug-likeness (QED) is 0.591. The fourth-order valence-electron chi connectivity index (χ4n) is 3.06. The van der Waals surface area contributed by atoms with Crippen molar-refractivity contribution in [3.05, 3.63) is 71.8 Å². The van der Waals surface area contributed by atoms with Crippen LogP contribution in [0.25, 0.3) is 0 Å². The number of hydrogen-bond acceptors (Lipinski definition) is 1. The Bertz CT molecular complexity index is 530. The van der Waals surface area contributed by atoms with Crippen LogP contribution in [0.2, 0.25) is 5.04 Å². The monoisotopic (exact) mass is 326 g/mol. The lowest BCUT2D eigenvalue weighted by molar-refractivity contribution is 0.275. The summed E-state index contributed by atoms with van der Waals surface area (Å²) in [5.41, 5.74) is 2.81. The molecule has 2 aromatic rings. The van der Waals surface area contributed by atoms with Crippen LogP contribution < -0.4 is 0 Å². The van der Waals surface area contributed by atoms with Gasteiger partial charge in [0.25, 0.3) is 0 Å². The van der Waals surface area contributed by atoms with Crippen LogP contribution in [0.1, 0.15) is 45.2 Å². The van der Waals surface area contributed by atoms with Gasteiger partial charge in [0.2, 0.25) is 8.32 Å². The van der Waals surface area contributed by atoms with E-state index in [0.717, 1.165) is 25.1 Å². The van der Waals surface area contributed by atoms with E-state index >= 15 is 0 Å². The van der Waals surface area contributed by atoms with Gasteiger partial charge in [0, 0.05) is 6.61 Å². The molecule has 0 unspecified atom stereocenters. The second kappa shape index (κ2) is 7.94. The molecule has 0 aromatic heterocycles. The first-order valence-corrected chi connectivity index (χ1v) is 11.0. The van der Waals surface area contributed by atoms with Crippen molar-refractivity contribution < 1.29 is 4.43 Å². The minimum Gasteiger partial charge on any atom is -0.416 e. The van der Waals surface area contributed by atoms with Crippen LogP contribution in [0.4, 0.5) is 0 Å². The number of benzene rings is 2. The zero-order chi connectivity index (χ0) is 16.8. The molecule has 0 bridgehead atoms. The molecule has 0 saturated carbocycles. The number of rotatable bonds is 7. The summed E-state index contributed by atoms with van der Waals surface area (Å²) in [7, 11) is -2.00. The lowest BCUT2D eigenvalue weighted by atomic mass is 10.2. The maximum atomic E-state index is 6.69. The lowest BCUT2D eigenvalue weighted by Crippen LogP contribution is -2.52. The van der Waals surface area contributed by atoms with E-state index in [9.17, 15) is 0 Å². The summed E-state index contributed by atoms with van der Waals surface area (Å²) < 4.78 is 6.69. The Hall–Kier alpha value is -1.38. The van der Waals surface area contributed by atoms with Gasteiger partial charge >= 0.3 is 0 Å². The Morgan fingerprint density at radius 3 is 1.57 bits per heavy atom. The molecule has 0 amide bonds. The first kappa shape index (κ1) is 18.0. The van der Waals surface area contributed by atoms with Crippen LogP contribution in [0.15, 0.2) is 60.7 Å². The second-order valence-electron chi connectivity index (χ2n) is 7.42. The zero-order valence-corrected chi connectivity index (χ0v) is 16.0. The van der Waals surface area contributed by atoms with Crippen molar-refractivity contribution in [2.75, 3.05) is 6.61 Å². The van der Waals surface area contributed by atoms with Crippen molar-refractivity contribution >= 4 is 8.32 Å². The molecule has 2 heteroatoms. The molecule has 0 aliphatic rings. The van der Waals surface area contributed by atoms with E-state index in [4.69, 9.17) is 4.43 Å². The van der Waals surface area contributed by atoms with Gasteiger partial charge in [-0.25, -0.2) is 0 Å². The minimum absolute atomic E-state index is 0.188. The Morgan fingerprint density at radius 1 is 0.783 bits per heavy atom. The van der Waals surface area contributed by atoms with Gasteiger partial charge in [-0.1, -0.05) is 88.4 Å². The molecule has 0 saturated heterocycles. The highest BCUT2D eigenvalue weighted by molar-refractivity contribution is 6.75. The van der Waals surface area contributed by atoms with Crippen molar-refractivity contribution in [1.29, 1.82) is 0 Å². The van der Waals surface area contributed by atoms with E-state index in [1.807, 2.05) is 0 Å². The van der Waals surface area contributed by atoms with Crippen molar-refractivity contribution in [3.8, 4) is 0 Å². The summed E-state index contributed by atoms with van der Waals surface area (Å²) in [4.78, 5) is 0. The Labute approximate surface area is 142 Å². The molecule has 2 rings (SSSR count).